The van der Waals surface area contributed by atoms with Gasteiger partial charge in [-0.15, -0.1) is 0 Å². The van der Waals surface area contributed by atoms with Crippen LogP contribution < -0.4 is 5.32 Å². The fourth-order valence-corrected chi connectivity index (χ4v) is 3.29. The van der Waals surface area contributed by atoms with Gasteiger partial charge in [0.05, 0.1) is 17.9 Å². The van der Waals surface area contributed by atoms with Crippen molar-refractivity contribution in [2.75, 3.05) is 0 Å². The van der Waals surface area contributed by atoms with Gasteiger partial charge in [0.25, 0.3) is 5.91 Å². The molecule has 1 aromatic carbocycles. The van der Waals surface area contributed by atoms with Crippen LogP contribution in [-0.2, 0) is 16.0 Å². The Labute approximate surface area is 150 Å². The number of carbonyl (C=O) groups excluding carboxylic acids is 2. The number of rotatable bonds is 5. The van der Waals surface area contributed by atoms with Gasteiger partial charge in [-0.2, -0.15) is 5.10 Å². The number of halogens is 2. The van der Waals surface area contributed by atoms with Gasteiger partial charge >= 0.3 is 0 Å². The molecule has 1 N–H and O–H groups in total. The minimum absolute atomic E-state index is 0.112. The summed E-state index contributed by atoms with van der Waals surface area (Å²) < 4.78 is 28.5. The van der Waals surface area contributed by atoms with Crippen molar-refractivity contribution in [3.8, 4) is 5.69 Å². The average molecular weight is 361 g/mol. The SMILES string of the molecule is CC(C)CC(=O)C(=O)N[C@@H]1CCCc2c1cnn2-c1cc(F)cc(F)c1. The zero-order valence-electron chi connectivity index (χ0n) is 14.8. The van der Waals surface area contributed by atoms with Crippen molar-refractivity contribution >= 4 is 11.7 Å². The van der Waals surface area contributed by atoms with E-state index in [1.54, 1.807) is 6.20 Å². The molecule has 5 nitrogen and oxygen atoms in total. The van der Waals surface area contributed by atoms with E-state index in [2.05, 4.69) is 10.4 Å². The maximum Gasteiger partial charge on any atom is 0.287 e. The van der Waals surface area contributed by atoms with Crippen LogP contribution in [0.25, 0.3) is 5.69 Å². The molecule has 7 heteroatoms. The summed E-state index contributed by atoms with van der Waals surface area (Å²) in [7, 11) is 0. The number of aromatic nitrogens is 2. The van der Waals surface area contributed by atoms with E-state index < -0.39 is 23.3 Å². The molecule has 26 heavy (non-hydrogen) atoms. The highest BCUT2D eigenvalue weighted by Gasteiger charge is 2.28. The molecule has 1 aliphatic carbocycles. The van der Waals surface area contributed by atoms with Gasteiger partial charge in [-0.05, 0) is 37.3 Å². The van der Waals surface area contributed by atoms with E-state index >= 15 is 0 Å². The summed E-state index contributed by atoms with van der Waals surface area (Å²) in [6, 6.07) is 2.91. The van der Waals surface area contributed by atoms with Crippen molar-refractivity contribution in [3.63, 3.8) is 0 Å². The molecular weight excluding hydrogens is 340 g/mol. The first-order valence-corrected chi connectivity index (χ1v) is 8.72. The lowest BCUT2D eigenvalue weighted by Gasteiger charge is -2.24. The number of nitrogens with zero attached hydrogens (tertiary/aromatic N) is 2. The lowest BCUT2D eigenvalue weighted by Crippen LogP contribution is -2.36. The van der Waals surface area contributed by atoms with Gasteiger partial charge in [-0.3, -0.25) is 9.59 Å². The first-order chi connectivity index (χ1) is 12.3. The summed E-state index contributed by atoms with van der Waals surface area (Å²) in [5, 5.41) is 7.03. The lowest BCUT2D eigenvalue weighted by atomic mass is 9.92. The summed E-state index contributed by atoms with van der Waals surface area (Å²) in [5.74, 6) is -2.28. The van der Waals surface area contributed by atoms with Crippen molar-refractivity contribution < 1.29 is 18.4 Å². The van der Waals surface area contributed by atoms with Crippen LogP contribution in [0, 0.1) is 17.6 Å². The summed E-state index contributed by atoms with van der Waals surface area (Å²) in [4.78, 5) is 24.1. The Morgan fingerprint density at radius 1 is 1.27 bits per heavy atom. The number of nitrogens with one attached hydrogen (secondary N) is 1. The molecule has 0 aliphatic heterocycles. The van der Waals surface area contributed by atoms with Crippen LogP contribution in [0.2, 0.25) is 0 Å². The smallest absolute Gasteiger partial charge is 0.287 e. The zero-order valence-corrected chi connectivity index (χ0v) is 14.8. The first-order valence-electron chi connectivity index (χ1n) is 8.72. The molecule has 0 bridgehead atoms. The highest BCUT2D eigenvalue weighted by atomic mass is 19.1. The Balaban J connectivity index is 1.84. The van der Waals surface area contributed by atoms with Gasteiger partial charge in [0, 0.05) is 23.7 Å². The van der Waals surface area contributed by atoms with Crippen molar-refractivity contribution in [3.05, 3.63) is 47.3 Å². The van der Waals surface area contributed by atoms with Crippen LogP contribution in [0.3, 0.4) is 0 Å². The van der Waals surface area contributed by atoms with E-state index in [-0.39, 0.29) is 18.4 Å². The second-order valence-corrected chi connectivity index (χ2v) is 7.03. The third-order valence-electron chi connectivity index (χ3n) is 4.43. The predicted octanol–water partition coefficient (Wildman–Crippen LogP) is 3.26. The predicted molar refractivity (Wildman–Crippen MR) is 91.8 cm³/mol. The van der Waals surface area contributed by atoms with Crippen LogP contribution in [0.4, 0.5) is 8.78 Å². The Kier molecular flexibility index (Phi) is 5.15. The first kappa shape index (κ1) is 18.2. The minimum atomic E-state index is -0.677. The van der Waals surface area contributed by atoms with Gasteiger partial charge in [-0.25, -0.2) is 13.5 Å². The Morgan fingerprint density at radius 3 is 2.62 bits per heavy atom. The Hall–Kier alpha value is -2.57. The van der Waals surface area contributed by atoms with Crippen LogP contribution >= 0.6 is 0 Å². The molecule has 1 atom stereocenters. The summed E-state index contributed by atoms with van der Waals surface area (Å²) in [6.07, 6.45) is 3.94. The van der Waals surface area contributed by atoms with E-state index in [0.29, 0.717) is 18.5 Å². The Morgan fingerprint density at radius 2 is 1.96 bits per heavy atom. The number of benzene rings is 1. The van der Waals surface area contributed by atoms with Crippen LogP contribution in [0.5, 0.6) is 0 Å². The standard InChI is InChI=1S/C19H21F2N3O2/c1-11(2)6-18(25)19(26)23-16-4-3-5-17-15(16)10-22-24(17)14-8-12(20)7-13(21)9-14/h7-11,16H,3-6H2,1-2H3,(H,23,26)/t16-/m1/s1. The molecule has 0 radical (unpaired) electrons. The number of ketones is 1. The molecule has 0 saturated carbocycles. The third-order valence-corrected chi connectivity index (χ3v) is 4.43. The highest BCUT2D eigenvalue weighted by Crippen LogP contribution is 2.31. The molecule has 1 aromatic heterocycles. The van der Waals surface area contributed by atoms with E-state index in [9.17, 15) is 18.4 Å². The monoisotopic (exact) mass is 361 g/mol. The quantitative estimate of drug-likeness (QED) is 0.832. The molecule has 0 unspecified atom stereocenters. The molecule has 0 fully saturated rings. The van der Waals surface area contributed by atoms with E-state index in [4.69, 9.17) is 0 Å². The van der Waals surface area contributed by atoms with Gasteiger partial charge in [0.2, 0.25) is 5.78 Å². The van der Waals surface area contributed by atoms with Gasteiger partial charge < -0.3 is 5.32 Å². The van der Waals surface area contributed by atoms with Gasteiger partial charge in [-0.1, -0.05) is 13.8 Å². The summed E-state index contributed by atoms with van der Waals surface area (Å²) in [6.45, 7) is 3.76. The minimum Gasteiger partial charge on any atom is -0.343 e. The average Bonchev–Trinajstić information content (AvgIpc) is 2.98. The molecule has 1 aliphatic rings. The number of hydrogen-bond donors (Lipinski definition) is 1. The molecule has 1 heterocycles. The van der Waals surface area contributed by atoms with E-state index in [1.807, 2.05) is 13.8 Å². The van der Waals surface area contributed by atoms with Crippen molar-refractivity contribution in [1.29, 1.82) is 0 Å². The second-order valence-electron chi connectivity index (χ2n) is 7.03. The van der Waals surface area contributed by atoms with Crippen LogP contribution in [0.1, 0.15) is 50.4 Å². The van der Waals surface area contributed by atoms with Crippen molar-refractivity contribution in [2.24, 2.45) is 5.92 Å². The van der Waals surface area contributed by atoms with Crippen LogP contribution in [-0.4, -0.2) is 21.5 Å². The van der Waals surface area contributed by atoms with E-state index in [1.165, 1.54) is 16.8 Å². The second kappa shape index (κ2) is 7.35. The normalized spacial score (nSPS) is 16.4. The Bertz CT molecular complexity index is 825. The van der Waals surface area contributed by atoms with Gasteiger partial charge in [0.1, 0.15) is 11.6 Å². The number of Topliss-reactive ketones (excluding diaryl/α,β-unsaturated/α-hetero) is 1. The molecule has 2 aromatic rings. The summed E-state index contributed by atoms with van der Waals surface area (Å²) in [5.41, 5.74) is 1.88. The van der Waals surface area contributed by atoms with Crippen molar-refractivity contribution in [1.82, 2.24) is 15.1 Å². The maximum atomic E-state index is 13.5. The molecule has 3 rings (SSSR count). The number of fused-ring (bicyclic) bond motifs is 1. The number of amides is 1. The van der Waals surface area contributed by atoms with Gasteiger partial charge in [0.15, 0.2) is 0 Å². The van der Waals surface area contributed by atoms with Crippen molar-refractivity contribution in [2.45, 2.75) is 45.6 Å². The zero-order chi connectivity index (χ0) is 18.8. The molecule has 138 valence electrons. The fourth-order valence-electron chi connectivity index (χ4n) is 3.29. The third kappa shape index (κ3) is 3.81. The molecule has 0 saturated heterocycles. The maximum absolute atomic E-state index is 13.5. The largest absolute Gasteiger partial charge is 0.343 e. The topological polar surface area (TPSA) is 64.0 Å². The highest BCUT2D eigenvalue weighted by molar-refractivity contribution is 6.36. The van der Waals surface area contributed by atoms with E-state index in [0.717, 1.165) is 23.7 Å². The number of hydrogen-bond acceptors (Lipinski definition) is 3. The summed E-state index contributed by atoms with van der Waals surface area (Å²) >= 11 is 0. The molecule has 1 amide bonds. The van der Waals surface area contributed by atoms with Crippen LogP contribution in [0.15, 0.2) is 24.4 Å². The number of carbonyl (C=O) groups is 2. The molecule has 0 spiro atoms. The lowest BCUT2D eigenvalue weighted by molar-refractivity contribution is -0.138. The fraction of sp³-hybridized carbons (Fsp3) is 0.421. The molecular formula is C19H21F2N3O2.